The molecule has 2 aromatic rings. The lowest BCUT2D eigenvalue weighted by atomic mass is 9.66. The van der Waals surface area contributed by atoms with Gasteiger partial charge in [0.25, 0.3) is 0 Å². The molecular weight excluding hydrogens is 485 g/mol. The first-order chi connectivity index (χ1) is 16.7. The van der Waals surface area contributed by atoms with Crippen LogP contribution >= 0.6 is 23.2 Å². The van der Waals surface area contributed by atoms with Gasteiger partial charge < -0.3 is 14.7 Å². The smallest absolute Gasteiger partial charge is 0.304 e. The maximum absolute atomic E-state index is 14.3. The third-order valence-corrected chi connectivity index (χ3v) is 8.04. The summed E-state index contributed by atoms with van der Waals surface area (Å²) in [5, 5.41) is 11.0. The Morgan fingerprint density at radius 2 is 1.89 bits per heavy atom. The second-order valence-electron chi connectivity index (χ2n) is 10.1. The van der Waals surface area contributed by atoms with Crippen LogP contribution in [0.4, 0.5) is 0 Å². The summed E-state index contributed by atoms with van der Waals surface area (Å²) in [5.74, 6) is -1.24. The number of nitrogens with zero attached hydrogens (tertiary/aromatic N) is 1. The van der Waals surface area contributed by atoms with E-state index in [1.807, 2.05) is 53.4 Å². The lowest BCUT2D eigenvalue weighted by molar-refractivity contribution is -0.166. The summed E-state index contributed by atoms with van der Waals surface area (Å²) in [6.45, 7) is 4.55. The number of carbonyl (C=O) groups excluding carboxylic acids is 1. The highest BCUT2D eigenvalue weighted by atomic mass is 35.5. The van der Waals surface area contributed by atoms with E-state index in [1.165, 1.54) is 0 Å². The van der Waals surface area contributed by atoms with Gasteiger partial charge in [0.05, 0.1) is 30.0 Å². The van der Waals surface area contributed by atoms with E-state index in [-0.39, 0.29) is 36.4 Å². The Balaban J connectivity index is 1.89. The van der Waals surface area contributed by atoms with Crippen LogP contribution in [0.25, 0.3) is 0 Å². The molecule has 5 nitrogen and oxygen atoms in total. The summed E-state index contributed by atoms with van der Waals surface area (Å²) in [6.07, 6.45) is 3.76. The van der Waals surface area contributed by atoms with Gasteiger partial charge in [0, 0.05) is 22.6 Å². The number of hydrogen-bond acceptors (Lipinski definition) is 3. The monoisotopic (exact) mass is 517 g/mol. The number of carboxylic acids is 1. The van der Waals surface area contributed by atoms with Crippen molar-refractivity contribution in [3.8, 4) is 0 Å². The maximum atomic E-state index is 14.3. The van der Waals surface area contributed by atoms with E-state index < -0.39 is 11.4 Å². The highest BCUT2D eigenvalue weighted by Crippen LogP contribution is 2.52. The van der Waals surface area contributed by atoms with Gasteiger partial charge in [-0.25, -0.2) is 0 Å². The van der Waals surface area contributed by atoms with Gasteiger partial charge in [-0.15, -0.1) is 0 Å². The van der Waals surface area contributed by atoms with Crippen LogP contribution in [0.2, 0.25) is 10.0 Å². The van der Waals surface area contributed by atoms with Crippen molar-refractivity contribution < 1.29 is 19.4 Å². The van der Waals surface area contributed by atoms with Gasteiger partial charge in [0.2, 0.25) is 5.91 Å². The summed E-state index contributed by atoms with van der Waals surface area (Å²) in [4.78, 5) is 28.2. The first-order valence-electron chi connectivity index (χ1n) is 12.4. The Bertz CT molecular complexity index is 1050. The van der Waals surface area contributed by atoms with Crippen molar-refractivity contribution >= 4 is 35.1 Å². The van der Waals surface area contributed by atoms with Crippen LogP contribution in [-0.4, -0.2) is 40.6 Å². The van der Waals surface area contributed by atoms with Crippen LogP contribution in [0.15, 0.2) is 48.5 Å². The molecule has 0 aromatic heterocycles. The molecule has 0 bridgehead atoms. The van der Waals surface area contributed by atoms with Gasteiger partial charge in [-0.3, -0.25) is 9.59 Å². The van der Waals surface area contributed by atoms with Crippen molar-refractivity contribution in [1.29, 1.82) is 0 Å². The fourth-order valence-corrected chi connectivity index (χ4v) is 6.28. The number of piperidine rings is 1. The average molecular weight is 518 g/mol. The zero-order valence-electron chi connectivity index (χ0n) is 20.3. The summed E-state index contributed by atoms with van der Waals surface area (Å²) < 4.78 is 6.19. The maximum Gasteiger partial charge on any atom is 0.304 e. The molecular formula is C28H33Cl2NO4. The molecule has 4 rings (SSSR count). The highest BCUT2D eigenvalue weighted by molar-refractivity contribution is 6.30. The van der Waals surface area contributed by atoms with Crippen molar-refractivity contribution in [2.45, 2.75) is 76.5 Å². The largest absolute Gasteiger partial charge is 0.481 e. The van der Waals surface area contributed by atoms with E-state index in [4.69, 9.17) is 27.9 Å². The minimum atomic E-state index is -1.05. The molecule has 1 amide bonds. The van der Waals surface area contributed by atoms with Crippen LogP contribution in [0.5, 0.6) is 0 Å². The van der Waals surface area contributed by atoms with E-state index in [9.17, 15) is 14.7 Å². The Morgan fingerprint density at radius 1 is 1.14 bits per heavy atom. The highest BCUT2D eigenvalue weighted by Gasteiger charge is 2.53. The third kappa shape index (κ3) is 5.52. The molecule has 1 N–H and O–H groups in total. The fraction of sp³-hybridized carbons (Fsp3) is 0.500. The van der Waals surface area contributed by atoms with Gasteiger partial charge in [0.1, 0.15) is 0 Å². The average Bonchev–Trinajstić information content (AvgIpc) is 2.83. The van der Waals surface area contributed by atoms with E-state index in [1.54, 1.807) is 6.92 Å². The van der Waals surface area contributed by atoms with Gasteiger partial charge in [-0.05, 0) is 67.5 Å². The van der Waals surface area contributed by atoms with Crippen molar-refractivity contribution in [2.24, 2.45) is 5.41 Å². The fourth-order valence-electron chi connectivity index (χ4n) is 5.95. The second-order valence-corrected chi connectivity index (χ2v) is 11.0. The number of hydrogen-bond donors (Lipinski definition) is 1. The Morgan fingerprint density at radius 3 is 2.49 bits per heavy atom. The lowest BCUT2D eigenvalue weighted by Crippen LogP contribution is -2.59. The number of halogens is 2. The second kappa shape index (κ2) is 10.9. The summed E-state index contributed by atoms with van der Waals surface area (Å²) in [5.41, 5.74) is 0.912. The minimum Gasteiger partial charge on any atom is -0.481 e. The molecule has 2 unspecified atom stereocenters. The number of ether oxygens (including phenoxy) is 1. The molecule has 188 valence electrons. The third-order valence-electron chi connectivity index (χ3n) is 7.55. The Hall–Kier alpha value is -2.08. The number of carbonyl (C=O) groups is 2. The van der Waals surface area contributed by atoms with Crippen LogP contribution in [-0.2, 0) is 14.3 Å². The number of rotatable bonds is 7. The standard InChI is InChI=1S/C28H33Cl2NO4/c1-3-23(24-9-4-5-14-35-24)31-26(18-10-12-20(29)13-11-18)22(19-7-6-8-21(30)15-19)16-28(2,27(31)34)17-25(32)33/h6-8,10-13,15,22-24,26H,3-5,9,14,16-17H2,1-2H3,(H,32,33)/t22-,23?,24?,26-,28-/m1/s1. The molecule has 0 aliphatic carbocycles. The molecule has 2 saturated heterocycles. The number of aliphatic carboxylic acids is 1. The van der Waals surface area contributed by atoms with Gasteiger partial charge in [-0.2, -0.15) is 0 Å². The number of likely N-dealkylation sites (tertiary alicyclic amines) is 1. The predicted octanol–water partition coefficient (Wildman–Crippen LogP) is 6.88. The zero-order chi connectivity index (χ0) is 25.2. The first-order valence-corrected chi connectivity index (χ1v) is 13.2. The minimum absolute atomic E-state index is 0.0836. The van der Waals surface area contributed by atoms with Gasteiger partial charge in [-0.1, -0.05) is 61.3 Å². The molecule has 2 aromatic carbocycles. The van der Waals surface area contributed by atoms with Gasteiger partial charge >= 0.3 is 5.97 Å². The van der Waals surface area contributed by atoms with E-state index in [0.29, 0.717) is 29.5 Å². The molecule has 2 fully saturated rings. The van der Waals surface area contributed by atoms with E-state index in [0.717, 1.165) is 30.4 Å². The van der Waals surface area contributed by atoms with Crippen molar-refractivity contribution in [3.05, 3.63) is 69.7 Å². The summed E-state index contributed by atoms with van der Waals surface area (Å²) >= 11 is 12.6. The van der Waals surface area contributed by atoms with Crippen LogP contribution < -0.4 is 0 Å². The lowest BCUT2D eigenvalue weighted by Gasteiger charge is -2.53. The predicted molar refractivity (Wildman–Crippen MR) is 138 cm³/mol. The van der Waals surface area contributed by atoms with Crippen LogP contribution in [0.1, 0.15) is 75.5 Å². The topological polar surface area (TPSA) is 66.8 Å². The molecule has 0 spiro atoms. The molecule has 2 aliphatic rings. The molecule has 0 saturated carbocycles. The molecule has 5 atom stereocenters. The first kappa shape index (κ1) is 26.0. The molecule has 7 heteroatoms. The SMILES string of the molecule is CCC(C1CCCCO1)N1C(=O)[C@@](C)(CC(=O)O)C[C@H](c2cccc(Cl)c2)[C@H]1c1ccc(Cl)cc1. The normalized spacial score (nSPS) is 28.1. The van der Waals surface area contributed by atoms with E-state index >= 15 is 0 Å². The molecule has 0 radical (unpaired) electrons. The number of carboxylic acid groups (broad SMARTS) is 1. The van der Waals surface area contributed by atoms with Crippen LogP contribution in [0, 0.1) is 5.41 Å². The Labute approximate surface area is 217 Å². The summed E-state index contributed by atoms with van der Waals surface area (Å²) in [7, 11) is 0. The van der Waals surface area contributed by atoms with E-state index in [2.05, 4.69) is 6.92 Å². The van der Waals surface area contributed by atoms with Crippen LogP contribution in [0.3, 0.4) is 0 Å². The molecule has 2 aliphatic heterocycles. The molecule has 35 heavy (non-hydrogen) atoms. The number of benzene rings is 2. The molecule has 2 heterocycles. The van der Waals surface area contributed by atoms with Crippen molar-refractivity contribution in [2.75, 3.05) is 6.61 Å². The Kier molecular flexibility index (Phi) is 8.09. The van der Waals surface area contributed by atoms with Crippen molar-refractivity contribution in [3.63, 3.8) is 0 Å². The summed E-state index contributed by atoms with van der Waals surface area (Å²) in [6, 6.07) is 14.9. The van der Waals surface area contributed by atoms with Gasteiger partial charge in [0.15, 0.2) is 0 Å². The number of amides is 1. The van der Waals surface area contributed by atoms with Crippen molar-refractivity contribution in [1.82, 2.24) is 4.90 Å². The zero-order valence-corrected chi connectivity index (χ0v) is 21.8. The quantitative estimate of drug-likeness (QED) is 0.434.